The highest BCUT2D eigenvalue weighted by atomic mass is 19.3. The summed E-state index contributed by atoms with van der Waals surface area (Å²) in [6, 6.07) is 0. The molecule has 1 N–H and O–H groups in total. The molecule has 2 unspecified atom stereocenters. The Morgan fingerprint density at radius 1 is 1.53 bits per heavy atom. The molecule has 4 heteroatoms. The van der Waals surface area contributed by atoms with Crippen molar-refractivity contribution < 1.29 is 18.7 Å². The molecule has 0 amide bonds. The Bertz CT molecular complexity index is 254. The average Bonchev–Trinajstić information content (AvgIpc) is 2.69. The van der Waals surface area contributed by atoms with E-state index in [1.165, 1.54) is 0 Å². The van der Waals surface area contributed by atoms with Crippen LogP contribution in [0.4, 0.5) is 8.78 Å². The van der Waals surface area contributed by atoms with Crippen LogP contribution in [0.15, 0.2) is 0 Å². The number of alkyl halides is 2. The van der Waals surface area contributed by atoms with E-state index in [9.17, 15) is 18.7 Å². The smallest absolute Gasteiger partial charge is 0.273 e. The van der Waals surface area contributed by atoms with E-state index in [0.29, 0.717) is 32.1 Å². The third-order valence-electron chi connectivity index (χ3n) is 3.55. The Morgan fingerprint density at radius 3 is 2.76 bits per heavy atom. The molecule has 0 aliphatic heterocycles. The first kappa shape index (κ1) is 14.6. The number of halogens is 2. The van der Waals surface area contributed by atoms with Gasteiger partial charge in [-0.3, -0.25) is 4.79 Å². The molecule has 0 spiro atoms. The van der Waals surface area contributed by atoms with Gasteiger partial charge in [-0.1, -0.05) is 13.3 Å². The van der Waals surface area contributed by atoms with Gasteiger partial charge >= 0.3 is 0 Å². The first-order valence-corrected chi connectivity index (χ1v) is 6.53. The van der Waals surface area contributed by atoms with Crippen molar-refractivity contribution in [3.63, 3.8) is 0 Å². The largest absolute Gasteiger partial charge is 0.387 e. The van der Waals surface area contributed by atoms with Crippen molar-refractivity contribution in [3.05, 3.63) is 0 Å². The molecule has 0 aromatic carbocycles. The summed E-state index contributed by atoms with van der Waals surface area (Å²) in [6.07, 6.45) is 1.87. The summed E-state index contributed by atoms with van der Waals surface area (Å²) in [5.41, 5.74) is 0. The fourth-order valence-corrected chi connectivity index (χ4v) is 2.32. The highest BCUT2D eigenvalue weighted by Crippen LogP contribution is 2.32. The van der Waals surface area contributed by atoms with E-state index in [4.69, 9.17) is 0 Å². The van der Waals surface area contributed by atoms with Crippen LogP contribution in [0.2, 0.25) is 0 Å². The molecule has 0 heterocycles. The molecule has 0 saturated heterocycles. The van der Waals surface area contributed by atoms with Gasteiger partial charge in [0.2, 0.25) is 0 Å². The Morgan fingerprint density at radius 2 is 2.24 bits per heavy atom. The van der Waals surface area contributed by atoms with Gasteiger partial charge in [-0.25, -0.2) is 8.78 Å². The van der Waals surface area contributed by atoms with Crippen LogP contribution in [-0.4, -0.2) is 22.9 Å². The van der Waals surface area contributed by atoms with E-state index in [1.54, 1.807) is 0 Å². The summed E-state index contributed by atoms with van der Waals surface area (Å²) < 4.78 is 26.9. The average molecular weight is 248 g/mol. The van der Waals surface area contributed by atoms with Gasteiger partial charge in [-0.05, 0) is 31.6 Å². The van der Waals surface area contributed by atoms with Crippen LogP contribution in [0.25, 0.3) is 0 Å². The molecule has 0 aromatic heterocycles. The zero-order chi connectivity index (χ0) is 12.9. The molecule has 1 rings (SSSR count). The van der Waals surface area contributed by atoms with Crippen molar-refractivity contribution in [2.75, 3.05) is 0 Å². The molecular weight excluding hydrogens is 226 g/mol. The summed E-state index contributed by atoms with van der Waals surface area (Å²) in [4.78, 5) is 11.0. The van der Waals surface area contributed by atoms with Gasteiger partial charge in [0.25, 0.3) is 5.92 Å². The first-order valence-electron chi connectivity index (χ1n) is 6.53. The van der Waals surface area contributed by atoms with Crippen LogP contribution in [0.5, 0.6) is 0 Å². The molecule has 2 atom stereocenters. The van der Waals surface area contributed by atoms with Crippen molar-refractivity contribution in [2.45, 2.75) is 70.3 Å². The van der Waals surface area contributed by atoms with Crippen LogP contribution >= 0.6 is 0 Å². The minimum Gasteiger partial charge on any atom is -0.387 e. The maximum absolute atomic E-state index is 13.4. The van der Waals surface area contributed by atoms with Crippen molar-refractivity contribution in [1.82, 2.24) is 0 Å². The second kappa shape index (κ2) is 6.43. The molecule has 0 aromatic rings. The van der Waals surface area contributed by atoms with Crippen molar-refractivity contribution in [1.29, 1.82) is 0 Å². The first-order chi connectivity index (χ1) is 7.95. The van der Waals surface area contributed by atoms with E-state index >= 15 is 0 Å². The molecule has 1 fully saturated rings. The zero-order valence-electron chi connectivity index (χ0n) is 10.4. The molecule has 17 heavy (non-hydrogen) atoms. The molecule has 1 aliphatic rings. The zero-order valence-corrected chi connectivity index (χ0v) is 10.4. The van der Waals surface area contributed by atoms with Gasteiger partial charge in [0.1, 0.15) is 11.9 Å². The lowest BCUT2D eigenvalue weighted by atomic mass is 9.95. The summed E-state index contributed by atoms with van der Waals surface area (Å²) in [6.45, 7) is 1.85. The van der Waals surface area contributed by atoms with Gasteiger partial charge in [-0.2, -0.15) is 0 Å². The molecule has 2 nitrogen and oxygen atoms in total. The lowest BCUT2D eigenvalue weighted by Gasteiger charge is -2.23. The summed E-state index contributed by atoms with van der Waals surface area (Å²) in [5.74, 6) is -2.54. The van der Waals surface area contributed by atoms with Crippen LogP contribution in [0.3, 0.4) is 0 Å². The van der Waals surface area contributed by atoms with Crippen molar-refractivity contribution in [2.24, 2.45) is 5.92 Å². The molecule has 1 saturated carbocycles. The number of aliphatic hydroxyl groups excluding tert-OH is 1. The minimum absolute atomic E-state index is 0.106. The molecular formula is C13H22F2O2. The normalized spacial score (nSPS) is 23.1. The topological polar surface area (TPSA) is 37.3 Å². The highest BCUT2D eigenvalue weighted by molar-refractivity contribution is 5.80. The number of Topliss-reactive ketones (excluding diaryl/α,β-unsaturated/α-hetero) is 1. The Labute approximate surface area is 101 Å². The maximum atomic E-state index is 13.4. The number of unbranched alkanes of at least 4 members (excludes halogenated alkanes) is 1. The second-order valence-corrected chi connectivity index (χ2v) is 5.11. The number of ketones is 1. The Kier molecular flexibility index (Phi) is 5.50. The predicted molar refractivity (Wildman–Crippen MR) is 62.1 cm³/mol. The highest BCUT2D eigenvalue weighted by Gasteiger charge is 2.37. The summed E-state index contributed by atoms with van der Waals surface area (Å²) >= 11 is 0. The van der Waals surface area contributed by atoms with Crippen LogP contribution in [-0.2, 0) is 4.79 Å². The van der Waals surface area contributed by atoms with Gasteiger partial charge < -0.3 is 5.11 Å². The number of hydrogen-bond acceptors (Lipinski definition) is 2. The SMILES string of the molecule is CCCCC(F)(F)C(O)CCC1CCC(=O)C1. The van der Waals surface area contributed by atoms with Crippen molar-refractivity contribution >= 4 is 5.78 Å². The molecule has 1 aliphatic carbocycles. The Balaban J connectivity index is 2.27. The van der Waals surface area contributed by atoms with E-state index < -0.39 is 12.0 Å². The summed E-state index contributed by atoms with van der Waals surface area (Å²) in [5, 5.41) is 9.49. The monoisotopic (exact) mass is 248 g/mol. The van der Waals surface area contributed by atoms with E-state index in [0.717, 1.165) is 6.42 Å². The molecule has 100 valence electrons. The Hall–Kier alpha value is -0.510. The number of carbonyl (C=O) groups is 1. The van der Waals surface area contributed by atoms with Gasteiger partial charge in [0, 0.05) is 19.3 Å². The lowest BCUT2D eigenvalue weighted by molar-refractivity contribution is -0.119. The number of aliphatic hydroxyl groups is 1. The minimum atomic E-state index is -2.97. The molecule has 0 bridgehead atoms. The second-order valence-electron chi connectivity index (χ2n) is 5.11. The fraction of sp³-hybridized carbons (Fsp3) is 0.923. The van der Waals surface area contributed by atoms with Gasteiger partial charge in [0.15, 0.2) is 0 Å². The van der Waals surface area contributed by atoms with E-state index in [-0.39, 0.29) is 24.5 Å². The van der Waals surface area contributed by atoms with Crippen LogP contribution in [0, 0.1) is 5.92 Å². The van der Waals surface area contributed by atoms with Crippen LogP contribution in [0.1, 0.15) is 58.3 Å². The van der Waals surface area contributed by atoms with E-state index in [2.05, 4.69) is 0 Å². The van der Waals surface area contributed by atoms with Crippen LogP contribution < -0.4 is 0 Å². The van der Waals surface area contributed by atoms with Gasteiger partial charge in [0.05, 0.1) is 0 Å². The predicted octanol–water partition coefficient (Wildman–Crippen LogP) is 3.32. The summed E-state index contributed by atoms with van der Waals surface area (Å²) in [7, 11) is 0. The third kappa shape index (κ3) is 4.70. The van der Waals surface area contributed by atoms with Gasteiger partial charge in [-0.15, -0.1) is 0 Å². The number of rotatable bonds is 7. The van der Waals surface area contributed by atoms with Crippen molar-refractivity contribution in [3.8, 4) is 0 Å². The standard InChI is InChI=1S/C13H22F2O2/c1-2-3-8-13(14,15)12(17)7-5-10-4-6-11(16)9-10/h10,12,17H,2-9H2,1H3. The number of carbonyl (C=O) groups excluding carboxylic acids is 1. The quantitative estimate of drug-likeness (QED) is 0.750. The van der Waals surface area contributed by atoms with E-state index in [1.807, 2.05) is 6.92 Å². The fourth-order valence-electron chi connectivity index (χ4n) is 2.32. The molecule has 0 radical (unpaired) electrons. The lowest BCUT2D eigenvalue weighted by Crippen LogP contribution is -2.33. The maximum Gasteiger partial charge on any atom is 0.273 e. The third-order valence-corrected chi connectivity index (χ3v) is 3.55. The number of hydrogen-bond donors (Lipinski definition) is 1.